The normalized spacial score (nSPS) is 11.5. The molecule has 0 unspecified atom stereocenters. The van der Waals surface area contributed by atoms with Crippen molar-refractivity contribution in [2.75, 3.05) is 24.2 Å². The molecule has 0 saturated heterocycles. The first-order valence-corrected chi connectivity index (χ1v) is 5.28. The largest absolute Gasteiger partial charge is 0.384 e. The standard InChI is InChI=1S/C6H11N3O3S/c1-12-4-5-13(10,11)9-6-2-3-7-8-6/h2-3H,4-5H2,1H3,(H2,7,8,9). The second-order valence-electron chi connectivity index (χ2n) is 2.38. The highest BCUT2D eigenvalue weighted by Gasteiger charge is 2.09. The summed E-state index contributed by atoms with van der Waals surface area (Å²) in [6.45, 7) is 0.170. The molecule has 0 radical (unpaired) electrons. The maximum atomic E-state index is 11.2. The molecular formula is C6H11N3O3S. The lowest BCUT2D eigenvalue weighted by molar-refractivity contribution is 0.217. The van der Waals surface area contributed by atoms with Gasteiger partial charge in [0.25, 0.3) is 0 Å². The highest BCUT2D eigenvalue weighted by atomic mass is 32.2. The summed E-state index contributed by atoms with van der Waals surface area (Å²) in [6, 6.07) is 1.53. The minimum absolute atomic E-state index is 0.0669. The van der Waals surface area contributed by atoms with Crippen molar-refractivity contribution in [1.29, 1.82) is 0 Å². The van der Waals surface area contributed by atoms with Crippen LogP contribution in [0.4, 0.5) is 5.82 Å². The van der Waals surface area contributed by atoms with Gasteiger partial charge in [0, 0.05) is 13.2 Å². The van der Waals surface area contributed by atoms with Crippen LogP contribution >= 0.6 is 0 Å². The van der Waals surface area contributed by atoms with Crippen LogP contribution in [-0.2, 0) is 14.8 Å². The second kappa shape index (κ2) is 4.24. The molecule has 0 aliphatic rings. The fourth-order valence-electron chi connectivity index (χ4n) is 0.724. The first-order chi connectivity index (χ1) is 6.14. The third-order valence-electron chi connectivity index (χ3n) is 1.32. The van der Waals surface area contributed by atoms with E-state index in [1.165, 1.54) is 19.4 Å². The van der Waals surface area contributed by atoms with E-state index in [0.717, 1.165) is 0 Å². The number of nitrogens with zero attached hydrogens (tertiary/aromatic N) is 1. The van der Waals surface area contributed by atoms with Crippen LogP contribution in [0.5, 0.6) is 0 Å². The number of methoxy groups -OCH3 is 1. The molecule has 13 heavy (non-hydrogen) atoms. The van der Waals surface area contributed by atoms with Gasteiger partial charge in [0.1, 0.15) is 5.82 Å². The zero-order valence-electron chi connectivity index (χ0n) is 7.15. The van der Waals surface area contributed by atoms with Gasteiger partial charge in [-0.15, -0.1) is 0 Å². The van der Waals surface area contributed by atoms with E-state index in [2.05, 4.69) is 19.7 Å². The maximum Gasteiger partial charge on any atom is 0.236 e. The third kappa shape index (κ3) is 3.43. The smallest absolute Gasteiger partial charge is 0.236 e. The van der Waals surface area contributed by atoms with Gasteiger partial charge in [-0.3, -0.25) is 9.82 Å². The van der Waals surface area contributed by atoms with Crippen molar-refractivity contribution >= 4 is 15.8 Å². The molecule has 1 rings (SSSR count). The molecule has 0 aliphatic heterocycles. The van der Waals surface area contributed by atoms with Gasteiger partial charge in [-0.25, -0.2) is 8.42 Å². The summed E-state index contributed by atoms with van der Waals surface area (Å²) in [7, 11) is -1.86. The Kier molecular flexibility index (Phi) is 3.26. The third-order valence-corrected chi connectivity index (χ3v) is 2.56. The lowest BCUT2D eigenvalue weighted by atomic mass is 10.7. The maximum absolute atomic E-state index is 11.2. The molecule has 6 nitrogen and oxygen atoms in total. The second-order valence-corrected chi connectivity index (χ2v) is 4.23. The summed E-state index contributed by atoms with van der Waals surface area (Å²) in [5, 5.41) is 6.09. The highest BCUT2D eigenvalue weighted by Crippen LogP contribution is 2.02. The van der Waals surface area contributed by atoms with Crippen molar-refractivity contribution in [1.82, 2.24) is 10.2 Å². The van der Waals surface area contributed by atoms with Crippen molar-refractivity contribution in [2.24, 2.45) is 0 Å². The molecule has 1 heterocycles. The number of aromatic amines is 1. The number of ether oxygens (including phenoxy) is 1. The molecule has 0 fully saturated rings. The van der Waals surface area contributed by atoms with Crippen LogP contribution in [0.1, 0.15) is 0 Å². The Morgan fingerprint density at radius 3 is 3.00 bits per heavy atom. The van der Waals surface area contributed by atoms with E-state index in [1.54, 1.807) is 0 Å². The van der Waals surface area contributed by atoms with E-state index in [-0.39, 0.29) is 12.4 Å². The molecule has 0 atom stereocenters. The Balaban J connectivity index is 2.53. The van der Waals surface area contributed by atoms with Gasteiger partial charge in [-0.1, -0.05) is 0 Å². The molecule has 0 amide bonds. The molecule has 7 heteroatoms. The molecule has 0 saturated carbocycles. The van der Waals surface area contributed by atoms with Gasteiger partial charge < -0.3 is 4.74 Å². The zero-order valence-corrected chi connectivity index (χ0v) is 7.97. The molecule has 0 aliphatic carbocycles. The van der Waals surface area contributed by atoms with Gasteiger partial charge in [-0.2, -0.15) is 5.10 Å². The van der Waals surface area contributed by atoms with E-state index in [1.807, 2.05) is 0 Å². The lowest BCUT2D eigenvalue weighted by Gasteiger charge is -2.03. The fraction of sp³-hybridized carbons (Fsp3) is 0.500. The Hall–Kier alpha value is -1.08. The van der Waals surface area contributed by atoms with E-state index in [0.29, 0.717) is 5.82 Å². The quantitative estimate of drug-likeness (QED) is 0.697. The van der Waals surface area contributed by atoms with E-state index in [4.69, 9.17) is 0 Å². The van der Waals surface area contributed by atoms with Gasteiger partial charge >= 0.3 is 0 Å². The number of hydrogen-bond donors (Lipinski definition) is 2. The monoisotopic (exact) mass is 205 g/mol. The topological polar surface area (TPSA) is 84.1 Å². The Morgan fingerprint density at radius 1 is 1.69 bits per heavy atom. The van der Waals surface area contributed by atoms with Gasteiger partial charge in [0.2, 0.25) is 10.0 Å². The highest BCUT2D eigenvalue weighted by molar-refractivity contribution is 7.92. The van der Waals surface area contributed by atoms with Crippen molar-refractivity contribution in [3.63, 3.8) is 0 Å². The number of hydrogen-bond acceptors (Lipinski definition) is 4. The van der Waals surface area contributed by atoms with Gasteiger partial charge in [0.15, 0.2) is 0 Å². The molecule has 0 bridgehead atoms. The number of aromatic nitrogens is 2. The Morgan fingerprint density at radius 2 is 2.46 bits per heavy atom. The molecule has 2 N–H and O–H groups in total. The summed E-state index contributed by atoms with van der Waals surface area (Å²) < 4.78 is 29.4. The van der Waals surface area contributed by atoms with Crippen LogP contribution in [0, 0.1) is 0 Å². The first kappa shape index (κ1) is 10.0. The number of sulfonamides is 1. The zero-order chi connectivity index (χ0) is 9.73. The average Bonchev–Trinajstić information content (AvgIpc) is 2.52. The van der Waals surface area contributed by atoms with Crippen LogP contribution in [-0.4, -0.2) is 38.1 Å². The fourth-order valence-corrected chi connectivity index (χ4v) is 1.66. The summed E-state index contributed by atoms with van der Waals surface area (Å²) in [5.74, 6) is 0.291. The van der Waals surface area contributed by atoms with Crippen molar-refractivity contribution in [2.45, 2.75) is 0 Å². The average molecular weight is 205 g/mol. The number of nitrogens with one attached hydrogen (secondary N) is 2. The molecule has 0 aromatic carbocycles. The molecular weight excluding hydrogens is 194 g/mol. The summed E-state index contributed by atoms with van der Waals surface area (Å²) in [4.78, 5) is 0. The number of rotatable bonds is 5. The predicted molar refractivity (Wildman–Crippen MR) is 47.9 cm³/mol. The first-order valence-electron chi connectivity index (χ1n) is 3.63. The minimum atomic E-state index is -3.31. The summed E-state index contributed by atoms with van der Waals surface area (Å²) in [5.41, 5.74) is 0. The Bertz CT molecular complexity index is 332. The summed E-state index contributed by atoms with van der Waals surface area (Å²) in [6.07, 6.45) is 1.47. The molecule has 1 aromatic heterocycles. The van der Waals surface area contributed by atoms with E-state index in [9.17, 15) is 8.42 Å². The predicted octanol–water partition coefficient (Wildman–Crippen LogP) is -0.202. The van der Waals surface area contributed by atoms with Crippen molar-refractivity contribution in [3.05, 3.63) is 12.3 Å². The Labute approximate surface area is 76.3 Å². The van der Waals surface area contributed by atoms with Crippen molar-refractivity contribution < 1.29 is 13.2 Å². The summed E-state index contributed by atoms with van der Waals surface area (Å²) >= 11 is 0. The van der Waals surface area contributed by atoms with Crippen LogP contribution in [0.2, 0.25) is 0 Å². The van der Waals surface area contributed by atoms with Gasteiger partial charge in [-0.05, 0) is 0 Å². The molecule has 0 spiro atoms. The van der Waals surface area contributed by atoms with Crippen molar-refractivity contribution in [3.8, 4) is 0 Å². The molecule has 1 aromatic rings. The van der Waals surface area contributed by atoms with E-state index >= 15 is 0 Å². The lowest BCUT2D eigenvalue weighted by Crippen LogP contribution is -2.19. The van der Waals surface area contributed by atoms with Crippen LogP contribution in [0.15, 0.2) is 12.3 Å². The number of anilines is 1. The van der Waals surface area contributed by atoms with Crippen LogP contribution < -0.4 is 4.72 Å². The number of H-pyrrole nitrogens is 1. The van der Waals surface area contributed by atoms with E-state index < -0.39 is 10.0 Å². The minimum Gasteiger partial charge on any atom is -0.384 e. The van der Waals surface area contributed by atoms with Crippen LogP contribution in [0.25, 0.3) is 0 Å². The SMILES string of the molecule is COCCS(=O)(=O)Nc1ccn[nH]1. The molecule has 74 valence electrons. The van der Waals surface area contributed by atoms with Gasteiger partial charge in [0.05, 0.1) is 18.6 Å². The van der Waals surface area contributed by atoms with Crippen LogP contribution in [0.3, 0.4) is 0 Å².